The molecular weight excluding hydrogens is 334 g/mol. The van der Waals surface area contributed by atoms with Gasteiger partial charge in [-0.2, -0.15) is 0 Å². The summed E-state index contributed by atoms with van der Waals surface area (Å²) in [5.41, 5.74) is 1.96. The van der Waals surface area contributed by atoms with Crippen LogP contribution in [0.5, 0.6) is 0 Å². The van der Waals surface area contributed by atoms with Crippen LogP contribution >= 0.6 is 23.2 Å². The van der Waals surface area contributed by atoms with Crippen LogP contribution in [0, 0.1) is 5.82 Å². The number of hydrogen-bond acceptors (Lipinski definition) is 2. The number of amidine groups is 1. The Morgan fingerprint density at radius 1 is 1.13 bits per heavy atom. The molecule has 0 saturated carbocycles. The molecule has 1 N–H and O–H groups in total. The number of hydrogen-bond donors (Lipinski definition) is 1. The van der Waals surface area contributed by atoms with Crippen LogP contribution in [0.2, 0.25) is 10.0 Å². The quantitative estimate of drug-likeness (QED) is 0.805. The highest BCUT2D eigenvalue weighted by Gasteiger charge is 2.19. The van der Waals surface area contributed by atoms with Crippen molar-refractivity contribution in [3.63, 3.8) is 0 Å². The monoisotopic (exact) mass is 350 g/mol. The van der Waals surface area contributed by atoms with Gasteiger partial charge >= 0.3 is 0 Å². The second-order valence-corrected chi connectivity index (χ2v) is 6.39. The van der Waals surface area contributed by atoms with E-state index in [9.17, 15) is 4.39 Å². The summed E-state index contributed by atoms with van der Waals surface area (Å²) in [6.07, 6.45) is 2.69. The second-order valence-electron chi connectivity index (χ2n) is 5.60. The van der Waals surface area contributed by atoms with Crippen molar-refractivity contribution < 1.29 is 4.39 Å². The molecule has 120 valence electrons. The first kappa shape index (κ1) is 16.3. The summed E-state index contributed by atoms with van der Waals surface area (Å²) in [7, 11) is 0. The van der Waals surface area contributed by atoms with Crippen LogP contribution in [0.4, 0.5) is 4.39 Å². The predicted molar refractivity (Wildman–Crippen MR) is 94.0 cm³/mol. The summed E-state index contributed by atoms with van der Waals surface area (Å²) in [5.74, 6) is 0.757. The molecule has 1 atom stereocenters. The predicted octanol–water partition coefficient (Wildman–Crippen LogP) is 5.20. The lowest BCUT2D eigenvalue weighted by Gasteiger charge is -2.22. The SMILES string of the molecule is Fc1ccc(CC(NC2=NCCC2)c2cccc(Cl)c2Cl)cc1. The summed E-state index contributed by atoms with van der Waals surface area (Å²) in [6.45, 7) is 0.856. The summed E-state index contributed by atoms with van der Waals surface area (Å²) in [6, 6.07) is 12.1. The van der Waals surface area contributed by atoms with Crippen molar-refractivity contribution in [3.05, 3.63) is 69.5 Å². The molecule has 2 aromatic rings. The fourth-order valence-electron chi connectivity index (χ4n) is 2.74. The largest absolute Gasteiger partial charge is 0.367 e. The topological polar surface area (TPSA) is 24.4 Å². The highest BCUT2D eigenvalue weighted by Crippen LogP contribution is 2.32. The summed E-state index contributed by atoms with van der Waals surface area (Å²) in [4.78, 5) is 4.48. The molecule has 5 heteroatoms. The van der Waals surface area contributed by atoms with E-state index in [2.05, 4.69) is 10.3 Å². The van der Waals surface area contributed by atoms with Crippen LogP contribution in [0.1, 0.15) is 30.0 Å². The summed E-state index contributed by atoms with van der Waals surface area (Å²) < 4.78 is 13.1. The van der Waals surface area contributed by atoms with Crippen molar-refractivity contribution in [2.75, 3.05) is 6.54 Å². The zero-order chi connectivity index (χ0) is 16.2. The Morgan fingerprint density at radius 3 is 2.61 bits per heavy atom. The smallest absolute Gasteiger partial charge is 0.123 e. The third kappa shape index (κ3) is 4.04. The summed E-state index contributed by atoms with van der Waals surface area (Å²) in [5, 5.41) is 4.56. The highest BCUT2D eigenvalue weighted by molar-refractivity contribution is 6.42. The average Bonchev–Trinajstić information content (AvgIpc) is 3.05. The van der Waals surface area contributed by atoms with Crippen molar-refractivity contribution in [1.82, 2.24) is 5.32 Å². The van der Waals surface area contributed by atoms with Crippen molar-refractivity contribution in [2.24, 2.45) is 4.99 Å². The van der Waals surface area contributed by atoms with E-state index in [1.165, 1.54) is 12.1 Å². The summed E-state index contributed by atoms with van der Waals surface area (Å²) >= 11 is 12.6. The van der Waals surface area contributed by atoms with E-state index in [0.717, 1.165) is 36.3 Å². The van der Waals surface area contributed by atoms with Crippen LogP contribution in [-0.2, 0) is 6.42 Å². The fourth-order valence-corrected chi connectivity index (χ4v) is 3.18. The maximum atomic E-state index is 13.1. The molecule has 0 amide bonds. The fraction of sp³-hybridized carbons (Fsp3) is 0.278. The average molecular weight is 351 g/mol. The van der Waals surface area contributed by atoms with Gasteiger partial charge in [-0.15, -0.1) is 0 Å². The van der Waals surface area contributed by atoms with Gasteiger partial charge in [0.05, 0.1) is 21.9 Å². The molecule has 1 heterocycles. The van der Waals surface area contributed by atoms with E-state index >= 15 is 0 Å². The maximum Gasteiger partial charge on any atom is 0.123 e. The van der Waals surface area contributed by atoms with E-state index < -0.39 is 0 Å². The lowest BCUT2D eigenvalue weighted by molar-refractivity contribution is 0.619. The molecule has 0 saturated heterocycles. The third-order valence-corrected chi connectivity index (χ3v) is 4.76. The van der Waals surface area contributed by atoms with Crippen LogP contribution < -0.4 is 5.32 Å². The van der Waals surface area contributed by atoms with Crippen molar-refractivity contribution in [2.45, 2.75) is 25.3 Å². The van der Waals surface area contributed by atoms with Crippen LogP contribution in [0.15, 0.2) is 47.5 Å². The molecule has 2 aromatic carbocycles. The molecule has 1 unspecified atom stereocenters. The van der Waals surface area contributed by atoms with Crippen molar-refractivity contribution in [1.29, 1.82) is 0 Å². The van der Waals surface area contributed by atoms with E-state index in [-0.39, 0.29) is 11.9 Å². The van der Waals surface area contributed by atoms with Gasteiger partial charge in [0.2, 0.25) is 0 Å². The molecule has 0 bridgehead atoms. The molecule has 1 aliphatic heterocycles. The minimum atomic E-state index is -0.237. The minimum absolute atomic E-state index is 0.0523. The Balaban J connectivity index is 1.89. The van der Waals surface area contributed by atoms with Crippen LogP contribution in [-0.4, -0.2) is 12.4 Å². The number of halogens is 3. The van der Waals surface area contributed by atoms with Crippen LogP contribution in [0.25, 0.3) is 0 Å². The van der Waals surface area contributed by atoms with Gasteiger partial charge in [-0.25, -0.2) is 4.39 Å². The van der Waals surface area contributed by atoms with Gasteiger partial charge in [0.1, 0.15) is 5.82 Å². The highest BCUT2D eigenvalue weighted by atomic mass is 35.5. The van der Waals surface area contributed by atoms with Gasteiger partial charge in [0.25, 0.3) is 0 Å². The van der Waals surface area contributed by atoms with Gasteiger partial charge in [0, 0.05) is 13.0 Å². The van der Waals surface area contributed by atoms with Gasteiger partial charge in [0.15, 0.2) is 0 Å². The normalized spacial score (nSPS) is 15.3. The minimum Gasteiger partial charge on any atom is -0.367 e. The molecule has 3 rings (SSSR count). The number of rotatable bonds is 4. The molecule has 23 heavy (non-hydrogen) atoms. The van der Waals surface area contributed by atoms with Gasteiger partial charge in [-0.1, -0.05) is 47.5 Å². The third-order valence-electron chi connectivity index (χ3n) is 3.93. The number of nitrogens with one attached hydrogen (secondary N) is 1. The Kier molecular flexibility index (Phi) is 5.19. The molecule has 0 aliphatic carbocycles. The first-order valence-corrected chi connectivity index (χ1v) is 8.37. The number of benzene rings is 2. The van der Waals surface area contributed by atoms with E-state index in [1.807, 2.05) is 12.1 Å². The molecule has 0 spiro atoms. The van der Waals surface area contributed by atoms with E-state index in [4.69, 9.17) is 23.2 Å². The van der Waals surface area contributed by atoms with Crippen molar-refractivity contribution >= 4 is 29.0 Å². The molecule has 1 aliphatic rings. The van der Waals surface area contributed by atoms with Gasteiger partial charge < -0.3 is 5.32 Å². The molecule has 0 aromatic heterocycles. The zero-order valence-electron chi connectivity index (χ0n) is 12.5. The van der Waals surface area contributed by atoms with Crippen molar-refractivity contribution in [3.8, 4) is 0 Å². The van der Waals surface area contributed by atoms with Gasteiger partial charge in [-0.05, 0) is 42.2 Å². The lowest BCUT2D eigenvalue weighted by Crippen LogP contribution is -2.29. The number of aliphatic imine (C=N–C) groups is 1. The zero-order valence-corrected chi connectivity index (χ0v) is 14.0. The van der Waals surface area contributed by atoms with Crippen LogP contribution in [0.3, 0.4) is 0 Å². The Hall–Kier alpha value is -1.58. The first-order valence-electron chi connectivity index (χ1n) is 7.61. The Bertz CT molecular complexity index is 713. The molecule has 2 nitrogen and oxygen atoms in total. The molecular formula is C18H17Cl2FN2. The Labute approximate surface area is 145 Å². The van der Waals surface area contributed by atoms with E-state index in [1.54, 1.807) is 18.2 Å². The van der Waals surface area contributed by atoms with Gasteiger partial charge in [-0.3, -0.25) is 4.99 Å². The molecule has 0 radical (unpaired) electrons. The Morgan fingerprint density at radius 2 is 1.91 bits per heavy atom. The molecule has 0 fully saturated rings. The number of nitrogens with zero attached hydrogens (tertiary/aromatic N) is 1. The first-order chi connectivity index (χ1) is 11.1. The lowest BCUT2D eigenvalue weighted by atomic mass is 9.98. The maximum absolute atomic E-state index is 13.1. The van der Waals surface area contributed by atoms with E-state index in [0.29, 0.717) is 16.5 Å². The standard InChI is InChI=1S/C18H17Cl2FN2/c19-15-4-1-3-14(18(15)20)16(23-17-5-2-10-22-17)11-12-6-8-13(21)9-7-12/h1,3-4,6-9,16H,2,5,10-11H2,(H,22,23). The second kappa shape index (κ2) is 7.33.